The Labute approximate surface area is 247 Å². The molecule has 7 heteroatoms. The van der Waals surface area contributed by atoms with Crippen LogP contribution < -0.4 is 9.64 Å². The topological polar surface area (TPSA) is 66.9 Å². The van der Waals surface area contributed by atoms with Gasteiger partial charge in [-0.05, 0) is 47.4 Å². The number of anilines is 1. The number of likely N-dealkylation sites (tertiary alicyclic amines) is 1. The first-order valence-corrected chi connectivity index (χ1v) is 14.4. The summed E-state index contributed by atoms with van der Waals surface area (Å²) in [5.74, 6) is -1.01. The quantitative estimate of drug-likeness (QED) is 0.228. The average molecular weight is 610 g/mol. The molecule has 4 aromatic carbocycles. The van der Waals surface area contributed by atoms with Gasteiger partial charge in [-0.15, -0.1) is 0 Å². The predicted octanol–water partition coefficient (Wildman–Crippen LogP) is 6.06. The number of rotatable bonds is 8. The summed E-state index contributed by atoms with van der Waals surface area (Å²) in [4.78, 5) is 45.6. The molecule has 0 unspecified atom stereocenters. The molecule has 2 atom stereocenters. The van der Waals surface area contributed by atoms with Crippen LogP contribution in [0.5, 0.6) is 5.75 Å². The number of carbonyl (C=O) groups excluding carboxylic acids is 3. The lowest BCUT2D eigenvalue weighted by atomic mass is 9.66. The van der Waals surface area contributed by atoms with E-state index in [0.29, 0.717) is 18.7 Å². The molecule has 4 aromatic rings. The van der Waals surface area contributed by atoms with Crippen LogP contribution >= 0.6 is 15.9 Å². The number of carbonyl (C=O) groups is 3. The Hall–Kier alpha value is -4.23. The standard InChI is InChI=1S/C34H29BrN2O4/c1-41-30-14-8-5-11-25(30)22-37-31(38)19-28(32(37)39)34(20-23-15-17-26(35)18-16-23)27-12-6-7-13-29(27)36(33(34)40)21-24-9-3-2-4-10-24/h2-18,28H,19-22H2,1H3/t28-,34+/m0/s1. The Kier molecular flexibility index (Phi) is 7.22. The summed E-state index contributed by atoms with van der Waals surface area (Å²) in [6, 6.07) is 32.7. The average Bonchev–Trinajstić information content (AvgIpc) is 3.41. The van der Waals surface area contributed by atoms with Gasteiger partial charge in [-0.25, -0.2) is 0 Å². The van der Waals surface area contributed by atoms with E-state index in [4.69, 9.17) is 4.74 Å². The number of hydrogen-bond acceptors (Lipinski definition) is 4. The Morgan fingerprint density at radius 3 is 2.22 bits per heavy atom. The molecule has 2 heterocycles. The molecular formula is C34H29BrN2O4. The fourth-order valence-corrected chi connectivity index (χ4v) is 6.53. The maximum Gasteiger partial charge on any atom is 0.239 e. The van der Waals surface area contributed by atoms with Gasteiger partial charge >= 0.3 is 0 Å². The van der Waals surface area contributed by atoms with E-state index in [2.05, 4.69) is 15.9 Å². The maximum atomic E-state index is 14.8. The predicted molar refractivity (Wildman–Crippen MR) is 160 cm³/mol. The number of para-hydroxylation sites is 2. The zero-order valence-corrected chi connectivity index (χ0v) is 24.2. The highest BCUT2D eigenvalue weighted by atomic mass is 79.9. The second-order valence-corrected chi connectivity index (χ2v) is 11.5. The number of ether oxygens (including phenoxy) is 1. The van der Waals surface area contributed by atoms with Gasteiger partial charge in [-0.3, -0.25) is 19.3 Å². The third kappa shape index (κ3) is 4.74. The Morgan fingerprint density at radius 2 is 1.46 bits per heavy atom. The van der Waals surface area contributed by atoms with Crippen molar-refractivity contribution in [2.75, 3.05) is 12.0 Å². The van der Waals surface area contributed by atoms with Crippen LogP contribution in [0.1, 0.15) is 28.7 Å². The van der Waals surface area contributed by atoms with E-state index in [1.54, 1.807) is 12.0 Å². The molecule has 0 aliphatic carbocycles. The molecule has 206 valence electrons. The molecule has 6 nitrogen and oxygen atoms in total. The largest absolute Gasteiger partial charge is 0.496 e. The van der Waals surface area contributed by atoms with E-state index in [0.717, 1.165) is 32.4 Å². The van der Waals surface area contributed by atoms with Gasteiger partial charge in [0, 0.05) is 22.1 Å². The molecule has 0 spiro atoms. The highest BCUT2D eigenvalue weighted by molar-refractivity contribution is 9.10. The van der Waals surface area contributed by atoms with Crippen LogP contribution in [0.2, 0.25) is 0 Å². The number of methoxy groups -OCH3 is 1. The van der Waals surface area contributed by atoms with Crippen molar-refractivity contribution in [1.29, 1.82) is 0 Å². The molecule has 0 saturated carbocycles. The third-order valence-electron chi connectivity index (χ3n) is 8.24. The monoisotopic (exact) mass is 608 g/mol. The SMILES string of the molecule is COc1ccccc1CN1C(=O)C[C@H]([C@]2(Cc3ccc(Br)cc3)C(=O)N(Cc3ccccc3)c3ccccc32)C1=O. The van der Waals surface area contributed by atoms with Crippen molar-refractivity contribution in [1.82, 2.24) is 4.90 Å². The molecule has 0 N–H and O–H groups in total. The normalized spacial score (nSPS) is 20.0. The molecule has 0 bridgehead atoms. The first-order valence-electron chi connectivity index (χ1n) is 13.6. The molecule has 3 amide bonds. The van der Waals surface area contributed by atoms with Crippen molar-refractivity contribution < 1.29 is 19.1 Å². The van der Waals surface area contributed by atoms with E-state index >= 15 is 0 Å². The molecule has 1 fully saturated rings. The fourth-order valence-electron chi connectivity index (χ4n) is 6.27. The van der Waals surface area contributed by atoms with Gasteiger partial charge in [0.15, 0.2) is 0 Å². The zero-order valence-electron chi connectivity index (χ0n) is 22.6. The van der Waals surface area contributed by atoms with Gasteiger partial charge in [0.2, 0.25) is 17.7 Å². The lowest BCUT2D eigenvalue weighted by molar-refractivity contribution is -0.142. The zero-order chi connectivity index (χ0) is 28.6. The van der Waals surface area contributed by atoms with Gasteiger partial charge < -0.3 is 9.64 Å². The molecule has 2 aliphatic rings. The van der Waals surface area contributed by atoms with E-state index in [9.17, 15) is 14.4 Å². The summed E-state index contributed by atoms with van der Waals surface area (Å²) in [5.41, 5.74) is 2.98. The smallest absolute Gasteiger partial charge is 0.239 e. The van der Waals surface area contributed by atoms with Crippen molar-refractivity contribution in [3.63, 3.8) is 0 Å². The molecular weight excluding hydrogens is 580 g/mol. The second kappa shape index (κ2) is 11.0. The van der Waals surface area contributed by atoms with Crippen molar-refractivity contribution >= 4 is 39.3 Å². The van der Waals surface area contributed by atoms with Crippen molar-refractivity contribution in [2.45, 2.75) is 31.3 Å². The number of hydrogen-bond donors (Lipinski definition) is 0. The van der Waals surface area contributed by atoms with Crippen LogP contribution in [0.15, 0.2) is 108 Å². The van der Waals surface area contributed by atoms with Gasteiger partial charge in [-0.1, -0.05) is 94.8 Å². The van der Waals surface area contributed by atoms with Gasteiger partial charge in [-0.2, -0.15) is 0 Å². The minimum Gasteiger partial charge on any atom is -0.496 e. The lowest BCUT2D eigenvalue weighted by Gasteiger charge is -2.33. The van der Waals surface area contributed by atoms with Crippen LogP contribution in [0, 0.1) is 5.92 Å². The van der Waals surface area contributed by atoms with Crippen LogP contribution in [0.3, 0.4) is 0 Å². The maximum absolute atomic E-state index is 14.8. The second-order valence-electron chi connectivity index (χ2n) is 10.6. The number of benzene rings is 4. The summed E-state index contributed by atoms with van der Waals surface area (Å²) in [6.07, 6.45) is 0.261. The van der Waals surface area contributed by atoms with E-state index in [-0.39, 0.29) is 30.7 Å². The van der Waals surface area contributed by atoms with Gasteiger partial charge in [0.1, 0.15) is 5.75 Å². The van der Waals surface area contributed by atoms with Crippen molar-refractivity contribution in [3.05, 3.63) is 130 Å². The third-order valence-corrected chi connectivity index (χ3v) is 8.77. The molecule has 1 saturated heterocycles. The molecule has 41 heavy (non-hydrogen) atoms. The number of fused-ring (bicyclic) bond motifs is 1. The summed E-state index contributed by atoms with van der Waals surface area (Å²) >= 11 is 3.50. The molecule has 2 aliphatic heterocycles. The van der Waals surface area contributed by atoms with Crippen molar-refractivity contribution in [2.24, 2.45) is 5.92 Å². The first-order chi connectivity index (χ1) is 19.9. The highest BCUT2D eigenvalue weighted by Crippen LogP contribution is 2.52. The fraction of sp³-hybridized carbons (Fsp3) is 0.206. The Morgan fingerprint density at radius 1 is 0.780 bits per heavy atom. The van der Waals surface area contributed by atoms with E-state index in [1.807, 2.05) is 103 Å². The Balaban J connectivity index is 1.45. The summed E-state index contributed by atoms with van der Waals surface area (Å²) < 4.78 is 6.41. The summed E-state index contributed by atoms with van der Waals surface area (Å²) in [5, 5.41) is 0. The Bertz CT molecular complexity index is 1620. The van der Waals surface area contributed by atoms with Crippen LogP contribution in [-0.4, -0.2) is 29.7 Å². The van der Waals surface area contributed by atoms with E-state index in [1.165, 1.54) is 4.90 Å². The van der Waals surface area contributed by atoms with Crippen LogP contribution in [-0.2, 0) is 39.3 Å². The highest BCUT2D eigenvalue weighted by Gasteiger charge is 2.61. The van der Waals surface area contributed by atoms with Crippen LogP contribution in [0.4, 0.5) is 5.69 Å². The number of nitrogens with zero attached hydrogens (tertiary/aromatic N) is 2. The number of halogens is 1. The summed E-state index contributed by atoms with van der Waals surface area (Å²) in [7, 11) is 1.57. The minimum atomic E-state index is -1.23. The van der Waals surface area contributed by atoms with Gasteiger partial charge in [0.05, 0.1) is 31.5 Å². The molecule has 0 radical (unpaired) electrons. The number of amides is 3. The minimum absolute atomic E-state index is 0.0379. The van der Waals surface area contributed by atoms with Crippen molar-refractivity contribution in [3.8, 4) is 5.75 Å². The number of imide groups is 1. The van der Waals surface area contributed by atoms with Crippen LogP contribution in [0.25, 0.3) is 0 Å². The first kappa shape index (κ1) is 27.0. The molecule has 0 aromatic heterocycles. The van der Waals surface area contributed by atoms with E-state index < -0.39 is 11.3 Å². The van der Waals surface area contributed by atoms with Gasteiger partial charge in [0.25, 0.3) is 0 Å². The summed E-state index contributed by atoms with van der Waals surface area (Å²) in [6.45, 7) is 0.467. The molecule has 6 rings (SSSR count). The lowest BCUT2D eigenvalue weighted by Crippen LogP contribution is -2.49.